The van der Waals surface area contributed by atoms with Crippen molar-refractivity contribution in [2.75, 3.05) is 0 Å². The summed E-state index contributed by atoms with van der Waals surface area (Å²) in [5.74, 6) is 1.49. The Morgan fingerprint density at radius 2 is 2.15 bits per heavy atom. The van der Waals surface area contributed by atoms with E-state index in [1.807, 2.05) is 12.1 Å². The van der Waals surface area contributed by atoms with Gasteiger partial charge in [-0.25, -0.2) is 4.98 Å². The maximum absolute atomic E-state index is 9.40. The van der Waals surface area contributed by atoms with Crippen LogP contribution in [-0.4, -0.2) is 10.1 Å². The molecule has 106 valence electrons. The van der Waals surface area contributed by atoms with Crippen molar-refractivity contribution in [3.63, 3.8) is 0 Å². The SMILES string of the molecule is Cc1cccc(OCc2nc(C3CC3)c(CO)s2)c1C. The Morgan fingerprint density at radius 1 is 1.35 bits per heavy atom. The van der Waals surface area contributed by atoms with Crippen LogP contribution in [0, 0.1) is 13.8 Å². The first-order valence-corrected chi connectivity index (χ1v) is 7.79. The predicted molar refractivity (Wildman–Crippen MR) is 80.3 cm³/mol. The van der Waals surface area contributed by atoms with Crippen LogP contribution in [0.5, 0.6) is 5.75 Å². The molecular weight excluding hydrogens is 270 g/mol. The third-order valence-electron chi connectivity index (χ3n) is 3.79. The lowest BCUT2D eigenvalue weighted by Crippen LogP contribution is -1.97. The van der Waals surface area contributed by atoms with Gasteiger partial charge < -0.3 is 9.84 Å². The number of aromatic nitrogens is 1. The van der Waals surface area contributed by atoms with Gasteiger partial charge in [0.05, 0.1) is 17.2 Å². The lowest BCUT2D eigenvalue weighted by Gasteiger charge is -2.09. The molecule has 20 heavy (non-hydrogen) atoms. The molecule has 0 spiro atoms. The Morgan fingerprint density at radius 3 is 2.85 bits per heavy atom. The minimum atomic E-state index is 0.0903. The summed E-state index contributed by atoms with van der Waals surface area (Å²) >= 11 is 1.57. The average molecular weight is 289 g/mol. The van der Waals surface area contributed by atoms with Gasteiger partial charge >= 0.3 is 0 Å². The highest BCUT2D eigenvalue weighted by Crippen LogP contribution is 2.42. The van der Waals surface area contributed by atoms with Gasteiger partial charge in [-0.3, -0.25) is 0 Å². The smallest absolute Gasteiger partial charge is 0.140 e. The Bertz CT molecular complexity index is 617. The molecular formula is C16H19NO2S. The summed E-state index contributed by atoms with van der Waals surface area (Å²) in [6.07, 6.45) is 2.40. The summed E-state index contributed by atoms with van der Waals surface area (Å²) in [6, 6.07) is 6.08. The number of benzene rings is 1. The highest BCUT2D eigenvalue weighted by molar-refractivity contribution is 7.11. The topological polar surface area (TPSA) is 42.4 Å². The third kappa shape index (κ3) is 2.72. The van der Waals surface area contributed by atoms with Crippen molar-refractivity contribution in [2.24, 2.45) is 0 Å². The Balaban J connectivity index is 1.73. The summed E-state index contributed by atoms with van der Waals surface area (Å²) in [5.41, 5.74) is 3.50. The molecule has 1 aliphatic carbocycles. The second-order valence-electron chi connectivity index (χ2n) is 5.34. The highest BCUT2D eigenvalue weighted by atomic mass is 32.1. The van der Waals surface area contributed by atoms with Gasteiger partial charge in [0.25, 0.3) is 0 Å². The Kier molecular flexibility index (Phi) is 3.76. The Labute approximate surface area is 123 Å². The van der Waals surface area contributed by atoms with Gasteiger partial charge in [-0.05, 0) is 43.9 Å². The Hall–Kier alpha value is -1.39. The molecule has 2 aromatic rings. The van der Waals surface area contributed by atoms with Crippen LogP contribution in [0.2, 0.25) is 0 Å². The molecule has 1 aliphatic rings. The van der Waals surface area contributed by atoms with E-state index in [-0.39, 0.29) is 6.61 Å². The number of aryl methyl sites for hydroxylation is 1. The van der Waals surface area contributed by atoms with Crippen LogP contribution in [0.1, 0.15) is 45.5 Å². The molecule has 0 bridgehead atoms. The van der Waals surface area contributed by atoms with Crippen molar-refractivity contribution < 1.29 is 9.84 Å². The van der Waals surface area contributed by atoms with E-state index in [4.69, 9.17) is 4.74 Å². The molecule has 4 heteroatoms. The number of hydrogen-bond donors (Lipinski definition) is 1. The first kappa shape index (κ1) is 13.6. The van der Waals surface area contributed by atoms with Gasteiger partial charge in [-0.1, -0.05) is 12.1 Å². The average Bonchev–Trinajstić information content (AvgIpc) is 3.21. The van der Waals surface area contributed by atoms with Gasteiger partial charge in [-0.2, -0.15) is 0 Å². The van der Waals surface area contributed by atoms with Crippen LogP contribution < -0.4 is 4.74 Å². The lowest BCUT2D eigenvalue weighted by atomic mass is 10.1. The molecule has 0 amide bonds. The molecule has 0 aliphatic heterocycles. The third-order valence-corrected chi connectivity index (χ3v) is 4.81. The molecule has 1 saturated carbocycles. The van der Waals surface area contributed by atoms with E-state index >= 15 is 0 Å². The summed E-state index contributed by atoms with van der Waals surface area (Å²) in [5, 5.41) is 10.4. The molecule has 1 aromatic carbocycles. The molecule has 0 atom stereocenters. The van der Waals surface area contributed by atoms with E-state index in [1.54, 1.807) is 11.3 Å². The summed E-state index contributed by atoms with van der Waals surface area (Å²) in [6.45, 7) is 4.73. The number of aliphatic hydroxyl groups excluding tert-OH is 1. The molecule has 0 radical (unpaired) electrons. The predicted octanol–water partition coefficient (Wildman–Crippen LogP) is 3.71. The summed E-state index contributed by atoms with van der Waals surface area (Å²) in [4.78, 5) is 5.65. The van der Waals surface area contributed by atoms with E-state index in [2.05, 4.69) is 24.9 Å². The monoisotopic (exact) mass is 289 g/mol. The molecule has 3 rings (SSSR count). The number of rotatable bonds is 5. The molecule has 0 saturated heterocycles. The first-order chi connectivity index (χ1) is 9.69. The van der Waals surface area contributed by atoms with Gasteiger partial charge in [0.2, 0.25) is 0 Å². The number of aliphatic hydroxyl groups is 1. The number of hydrogen-bond acceptors (Lipinski definition) is 4. The fraction of sp³-hybridized carbons (Fsp3) is 0.438. The fourth-order valence-corrected chi connectivity index (χ4v) is 3.21. The van der Waals surface area contributed by atoms with Crippen molar-refractivity contribution in [3.05, 3.63) is 44.9 Å². The normalized spacial score (nSPS) is 14.6. The van der Waals surface area contributed by atoms with E-state index < -0.39 is 0 Å². The highest BCUT2D eigenvalue weighted by Gasteiger charge is 2.29. The van der Waals surface area contributed by atoms with E-state index in [0.29, 0.717) is 12.5 Å². The van der Waals surface area contributed by atoms with Crippen molar-refractivity contribution in [3.8, 4) is 5.75 Å². The summed E-state index contributed by atoms with van der Waals surface area (Å²) in [7, 11) is 0. The molecule has 1 fully saturated rings. The zero-order chi connectivity index (χ0) is 14.1. The second kappa shape index (κ2) is 5.54. The minimum Gasteiger partial charge on any atom is -0.486 e. The van der Waals surface area contributed by atoms with Crippen molar-refractivity contribution in [1.29, 1.82) is 0 Å². The van der Waals surface area contributed by atoms with Crippen LogP contribution in [-0.2, 0) is 13.2 Å². The molecule has 1 N–H and O–H groups in total. The zero-order valence-corrected chi connectivity index (χ0v) is 12.7. The fourth-order valence-electron chi connectivity index (χ4n) is 2.28. The van der Waals surface area contributed by atoms with E-state index in [9.17, 15) is 5.11 Å². The quantitative estimate of drug-likeness (QED) is 0.912. The van der Waals surface area contributed by atoms with Gasteiger partial charge in [0.1, 0.15) is 17.4 Å². The first-order valence-electron chi connectivity index (χ1n) is 6.97. The largest absolute Gasteiger partial charge is 0.486 e. The molecule has 1 heterocycles. The number of thiazole rings is 1. The number of ether oxygens (including phenoxy) is 1. The van der Waals surface area contributed by atoms with Crippen molar-refractivity contribution in [1.82, 2.24) is 4.98 Å². The molecule has 3 nitrogen and oxygen atoms in total. The second-order valence-corrected chi connectivity index (χ2v) is 6.50. The van der Waals surface area contributed by atoms with E-state index in [0.717, 1.165) is 21.3 Å². The van der Waals surface area contributed by atoms with Crippen LogP contribution in [0.4, 0.5) is 0 Å². The van der Waals surface area contributed by atoms with Gasteiger partial charge in [-0.15, -0.1) is 11.3 Å². The standard InChI is InChI=1S/C16H19NO2S/c1-10-4-3-5-13(11(10)2)19-9-15-17-16(12-6-7-12)14(8-18)20-15/h3-5,12,18H,6-9H2,1-2H3. The van der Waals surface area contributed by atoms with Crippen LogP contribution >= 0.6 is 11.3 Å². The van der Waals surface area contributed by atoms with Crippen LogP contribution in [0.15, 0.2) is 18.2 Å². The molecule has 0 unspecified atom stereocenters. The maximum Gasteiger partial charge on any atom is 0.140 e. The van der Waals surface area contributed by atoms with E-state index in [1.165, 1.54) is 24.0 Å². The molecule has 1 aromatic heterocycles. The van der Waals surface area contributed by atoms with Gasteiger partial charge in [0, 0.05) is 5.92 Å². The number of nitrogens with zero attached hydrogens (tertiary/aromatic N) is 1. The van der Waals surface area contributed by atoms with Gasteiger partial charge in [0.15, 0.2) is 0 Å². The van der Waals surface area contributed by atoms with Crippen molar-refractivity contribution in [2.45, 2.75) is 45.8 Å². The minimum absolute atomic E-state index is 0.0903. The van der Waals surface area contributed by atoms with Crippen molar-refractivity contribution >= 4 is 11.3 Å². The van der Waals surface area contributed by atoms with Crippen LogP contribution in [0.25, 0.3) is 0 Å². The maximum atomic E-state index is 9.40. The van der Waals surface area contributed by atoms with Crippen LogP contribution in [0.3, 0.4) is 0 Å². The zero-order valence-electron chi connectivity index (χ0n) is 11.8. The lowest BCUT2D eigenvalue weighted by molar-refractivity contribution is 0.284. The summed E-state index contributed by atoms with van der Waals surface area (Å²) < 4.78 is 5.88.